The molecule has 0 aliphatic rings. The molecular formula is C10H11FN2O2. The van der Waals surface area contributed by atoms with Gasteiger partial charge in [-0.05, 0) is 18.2 Å². The molecule has 0 radical (unpaired) electrons. The van der Waals surface area contributed by atoms with Crippen molar-refractivity contribution in [2.45, 2.75) is 18.6 Å². The molecule has 4 N–H and O–H groups in total. The van der Waals surface area contributed by atoms with Gasteiger partial charge in [-0.25, -0.2) is 4.39 Å². The van der Waals surface area contributed by atoms with E-state index in [4.69, 9.17) is 11.0 Å². The number of halogens is 1. The molecule has 15 heavy (non-hydrogen) atoms. The van der Waals surface area contributed by atoms with Gasteiger partial charge in [0.15, 0.2) is 0 Å². The van der Waals surface area contributed by atoms with Gasteiger partial charge >= 0.3 is 0 Å². The Morgan fingerprint density at radius 1 is 1.47 bits per heavy atom. The van der Waals surface area contributed by atoms with E-state index in [0.29, 0.717) is 0 Å². The summed E-state index contributed by atoms with van der Waals surface area (Å²) in [6.07, 6.45) is -2.85. The van der Waals surface area contributed by atoms with Gasteiger partial charge in [-0.2, -0.15) is 5.26 Å². The number of benzene rings is 1. The van der Waals surface area contributed by atoms with Crippen LogP contribution in [0.3, 0.4) is 0 Å². The molecule has 1 rings (SSSR count). The monoisotopic (exact) mass is 210 g/mol. The average molecular weight is 210 g/mol. The molecule has 2 atom stereocenters. The summed E-state index contributed by atoms with van der Waals surface area (Å²) in [6.45, 7) is 0. The van der Waals surface area contributed by atoms with Crippen molar-refractivity contribution in [2.24, 2.45) is 0 Å². The van der Waals surface area contributed by atoms with Crippen LogP contribution in [0.5, 0.6) is 0 Å². The standard InChI is InChI=1S/C10H11FN2O2/c11-6-1-2-8(13)7(5-6)10(15)9(14)3-4-12/h1-2,5,9-10,14-15H,3,13H2. The Bertz CT molecular complexity index is 389. The molecule has 0 amide bonds. The van der Waals surface area contributed by atoms with E-state index in [1.807, 2.05) is 0 Å². The first-order valence-corrected chi connectivity index (χ1v) is 4.34. The number of nitriles is 1. The number of hydrogen-bond acceptors (Lipinski definition) is 4. The molecule has 0 aromatic heterocycles. The first-order valence-electron chi connectivity index (χ1n) is 4.34. The lowest BCUT2D eigenvalue weighted by Gasteiger charge is -2.17. The molecule has 1 aromatic rings. The third-order valence-corrected chi connectivity index (χ3v) is 2.03. The first-order chi connectivity index (χ1) is 7.06. The highest BCUT2D eigenvalue weighted by Crippen LogP contribution is 2.25. The van der Waals surface area contributed by atoms with Gasteiger partial charge in [0.2, 0.25) is 0 Å². The van der Waals surface area contributed by atoms with E-state index in [1.54, 1.807) is 6.07 Å². The van der Waals surface area contributed by atoms with Crippen molar-refractivity contribution in [2.75, 3.05) is 5.73 Å². The molecule has 0 fully saturated rings. The minimum atomic E-state index is -1.35. The van der Waals surface area contributed by atoms with Crippen LogP contribution in [0.25, 0.3) is 0 Å². The molecule has 1 aromatic carbocycles. The van der Waals surface area contributed by atoms with Gasteiger partial charge in [-0.3, -0.25) is 0 Å². The fourth-order valence-electron chi connectivity index (χ4n) is 1.21. The lowest BCUT2D eigenvalue weighted by atomic mass is 10.0. The average Bonchev–Trinajstić information content (AvgIpc) is 2.21. The van der Waals surface area contributed by atoms with Crippen LogP contribution in [-0.2, 0) is 0 Å². The number of rotatable bonds is 3. The van der Waals surface area contributed by atoms with Crippen LogP contribution in [0.1, 0.15) is 18.1 Å². The van der Waals surface area contributed by atoms with Crippen LogP contribution < -0.4 is 5.73 Å². The van der Waals surface area contributed by atoms with Gasteiger partial charge in [0.25, 0.3) is 0 Å². The van der Waals surface area contributed by atoms with Crippen molar-refractivity contribution in [3.8, 4) is 6.07 Å². The third-order valence-electron chi connectivity index (χ3n) is 2.03. The van der Waals surface area contributed by atoms with Gasteiger partial charge in [-0.15, -0.1) is 0 Å². The first kappa shape index (κ1) is 11.4. The fourth-order valence-corrected chi connectivity index (χ4v) is 1.21. The lowest BCUT2D eigenvalue weighted by molar-refractivity contribution is 0.0219. The minimum absolute atomic E-state index is 0.0951. The maximum absolute atomic E-state index is 12.8. The molecule has 0 bridgehead atoms. The zero-order chi connectivity index (χ0) is 11.4. The van der Waals surface area contributed by atoms with Crippen LogP contribution in [0.2, 0.25) is 0 Å². The highest BCUT2D eigenvalue weighted by molar-refractivity contribution is 5.48. The number of nitrogen functional groups attached to an aromatic ring is 1. The van der Waals surface area contributed by atoms with Crippen molar-refractivity contribution in [3.05, 3.63) is 29.6 Å². The van der Waals surface area contributed by atoms with Crippen molar-refractivity contribution in [3.63, 3.8) is 0 Å². The number of aliphatic hydroxyl groups excluding tert-OH is 2. The van der Waals surface area contributed by atoms with E-state index < -0.39 is 18.0 Å². The highest BCUT2D eigenvalue weighted by Gasteiger charge is 2.20. The zero-order valence-corrected chi connectivity index (χ0v) is 7.89. The summed E-state index contributed by atoms with van der Waals surface area (Å²) in [7, 11) is 0. The molecule has 0 spiro atoms. The van der Waals surface area contributed by atoms with E-state index in [9.17, 15) is 14.6 Å². The Balaban J connectivity index is 2.95. The van der Waals surface area contributed by atoms with E-state index in [2.05, 4.69) is 0 Å². The van der Waals surface area contributed by atoms with Crippen molar-refractivity contribution < 1.29 is 14.6 Å². The second-order valence-corrected chi connectivity index (χ2v) is 3.15. The molecule has 80 valence electrons. The Labute approximate surface area is 86.4 Å². The fraction of sp³-hybridized carbons (Fsp3) is 0.300. The predicted octanol–water partition coefficient (Wildman–Crippen LogP) is 0.716. The molecule has 0 saturated carbocycles. The van der Waals surface area contributed by atoms with Gasteiger partial charge in [0, 0.05) is 11.3 Å². The summed E-state index contributed by atoms with van der Waals surface area (Å²) in [5.41, 5.74) is 5.78. The van der Waals surface area contributed by atoms with Crippen molar-refractivity contribution in [1.29, 1.82) is 5.26 Å². The van der Waals surface area contributed by atoms with E-state index in [-0.39, 0.29) is 17.7 Å². The maximum atomic E-state index is 12.8. The Morgan fingerprint density at radius 2 is 2.13 bits per heavy atom. The van der Waals surface area contributed by atoms with E-state index >= 15 is 0 Å². The summed E-state index contributed by atoms with van der Waals surface area (Å²) in [5, 5.41) is 27.2. The second-order valence-electron chi connectivity index (χ2n) is 3.15. The molecule has 0 saturated heterocycles. The summed E-state index contributed by atoms with van der Waals surface area (Å²) in [5.74, 6) is -0.553. The van der Waals surface area contributed by atoms with Crippen LogP contribution in [0.4, 0.5) is 10.1 Å². The molecule has 0 aliphatic carbocycles. The Hall–Kier alpha value is -1.64. The largest absolute Gasteiger partial charge is 0.398 e. The predicted molar refractivity (Wildman–Crippen MR) is 52.0 cm³/mol. The molecule has 2 unspecified atom stereocenters. The maximum Gasteiger partial charge on any atom is 0.123 e. The normalized spacial score (nSPS) is 14.3. The molecule has 0 heterocycles. The highest BCUT2D eigenvalue weighted by atomic mass is 19.1. The van der Waals surface area contributed by atoms with Gasteiger partial charge in [0.05, 0.1) is 18.6 Å². The number of nitrogens with two attached hydrogens (primary N) is 1. The van der Waals surface area contributed by atoms with Gasteiger partial charge in [0.1, 0.15) is 11.9 Å². The lowest BCUT2D eigenvalue weighted by Crippen LogP contribution is -2.18. The van der Waals surface area contributed by atoms with E-state index in [1.165, 1.54) is 6.07 Å². The van der Waals surface area contributed by atoms with Gasteiger partial charge in [-0.1, -0.05) is 0 Å². The van der Waals surface area contributed by atoms with Crippen LogP contribution in [-0.4, -0.2) is 16.3 Å². The van der Waals surface area contributed by atoms with Crippen LogP contribution in [0.15, 0.2) is 18.2 Å². The topological polar surface area (TPSA) is 90.3 Å². The number of hydrogen-bond donors (Lipinski definition) is 3. The summed E-state index contributed by atoms with van der Waals surface area (Å²) in [6, 6.07) is 5.20. The summed E-state index contributed by atoms with van der Waals surface area (Å²) < 4.78 is 12.8. The number of aliphatic hydroxyl groups is 2. The quantitative estimate of drug-likeness (QED) is 0.641. The van der Waals surface area contributed by atoms with Crippen LogP contribution in [0, 0.1) is 17.1 Å². The van der Waals surface area contributed by atoms with E-state index in [0.717, 1.165) is 12.1 Å². The SMILES string of the molecule is N#CCC(O)C(O)c1cc(F)ccc1N. The molecule has 0 aliphatic heterocycles. The Kier molecular flexibility index (Phi) is 3.61. The summed E-state index contributed by atoms with van der Waals surface area (Å²) in [4.78, 5) is 0. The Morgan fingerprint density at radius 3 is 2.73 bits per heavy atom. The second kappa shape index (κ2) is 4.73. The van der Waals surface area contributed by atoms with Gasteiger partial charge < -0.3 is 15.9 Å². The smallest absolute Gasteiger partial charge is 0.123 e. The third kappa shape index (κ3) is 2.65. The number of nitrogens with zero attached hydrogens (tertiary/aromatic N) is 1. The molecule has 4 nitrogen and oxygen atoms in total. The summed E-state index contributed by atoms with van der Waals surface area (Å²) >= 11 is 0. The van der Waals surface area contributed by atoms with Crippen molar-refractivity contribution >= 4 is 5.69 Å². The molecule has 5 heteroatoms. The van der Waals surface area contributed by atoms with Crippen molar-refractivity contribution in [1.82, 2.24) is 0 Å². The van der Waals surface area contributed by atoms with Crippen LogP contribution >= 0.6 is 0 Å². The number of anilines is 1. The molecular weight excluding hydrogens is 199 g/mol. The minimum Gasteiger partial charge on any atom is -0.398 e. The zero-order valence-electron chi connectivity index (χ0n) is 7.89.